The van der Waals surface area contributed by atoms with Crippen molar-refractivity contribution in [3.05, 3.63) is 41.7 Å². The van der Waals surface area contributed by atoms with Crippen LogP contribution in [0.5, 0.6) is 0 Å². The number of likely N-dealkylation sites (N-methyl/N-ethyl adjacent to an activating group) is 1. The van der Waals surface area contributed by atoms with Crippen LogP contribution in [0, 0.1) is 5.82 Å². The summed E-state index contributed by atoms with van der Waals surface area (Å²) < 4.78 is 12.9. The summed E-state index contributed by atoms with van der Waals surface area (Å²) in [5.74, 6) is -0.698. The summed E-state index contributed by atoms with van der Waals surface area (Å²) in [6, 6.07) is 6.23. The molecule has 0 bridgehead atoms. The third-order valence-electron chi connectivity index (χ3n) is 3.34. The molecule has 21 heavy (non-hydrogen) atoms. The number of allylic oxidation sites excluding steroid dienone is 1. The number of amides is 2. The normalized spacial score (nSPS) is 14.7. The Labute approximate surface area is 123 Å². The Morgan fingerprint density at radius 1 is 1.33 bits per heavy atom. The van der Waals surface area contributed by atoms with Crippen LogP contribution in [0.1, 0.15) is 25.3 Å². The van der Waals surface area contributed by atoms with Gasteiger partial charge < -0.3 is 10.2 Å². The average Bonchev–Trinajstić information content (AvgIpc) is 3.22. The van der Waals surface area contributed by atoms with E-state index in [-0.39, 0.29) is 30.2 Å². The average molecular weight is 290 g/mol. The Morgan fingerprint density at radius 2 is 1.95 bits per heavy atom. The highest BCUT2D eigenvalue weighted by Crippen LogP contribution is 2.18. The fourth-order valence-corrected chi connectivity index (χ4v) is 1.89. The Balaban J connectivity index is 1.93. The first-order chi connectivity index (χ1) is 9.95. The number of nitrogens with zero attached hydrogens (tertiary/aromatic N) is 1. The van der Waals surface area contributed by atoms with Gasteiger partial charge in [0.15, 0.2) is 0 Å². The molecule has 1 aliphatic carbocycles. The van der Waals surface area contributed by atoms with Crippen LogP contribution in [0.4, 0.5) is 4.39 Å². The predicted octanol–water partition coefficient (Wildman–Crippen LogP) is 1.97. The maximum absolute atomic E-state index is 12.9. The smallest absolute Gasteiger partial charge is 0.247 e. The van der Waals surface area contributed by atoms with E-state index in [1.54, 1.807) is 26.1 Å². The maximum atomic E-state index is 12.9. The van der Waals surface area contributed by atoms with E-state index < -0.39 is 0 Å². The number of benzene rings is 1. The molecule has 1 aromatic carbocycles. The molecule has 0 atom stereocenters. The topological polar surface area (TPSA) is 49.4 Å². The van der Waals surface area contributed by atoms with Crippen molar-refractivity contribution < 1.29 is 14.0 Å². The maximum Gasteiger partial charge on any atom is 0.247 e. The van der Waals surface area contributed by atoms with Crippen molar-refractivity contribution in [3.63, 3.8) is 0 Å². The molecule has 0 spiro atoms. The molecule has 2 rings (SSSR count). The minimum Gasteiger partial charge on any atom is -0.352 e. The first kappa shape index (κ1) is 15.2. The first-order valence-corrected chi connectivity index (χ1v) is 6.94. The lowest BCUT2D eigenvalue weighted by Gasteiger charge is -2.15. The summed E-state index contributed by atoms with van der Waals surface area (Å²) in [7, 11) is 1.59. The van der Waals surface area contributed by atoms with Crippen molar-refractivity contribution >= 4 is 17.4 Å². The highest BCUT2D eigenvalue weighted by molar-refractivity contribution is 5.96. The zero-order valence-corrected chi connectivity index (χ0v) is 12.2. The van der Waals surface area contributed by atoms with Gasteiger partial charge in [0.25, 0.3) is 0 Å². The molecule has 1 fully saturated rings. The first-order valence-electron chi connectivity index (χ1n) is 6.94. The molecular weight excluding hydrogens is 271 g/mol. The highest BCUT2D eigenvalue weighted by Gasteiger charge is 2.24. The summed E-state index contributed by atoms with van der Waals surface area (Å²) in [6.07, 6.45) is 3.50. The van der Waals surface area contributed by atoms with E-state index in [1.807, 2.05) is 0 Å². The molecule has 1 saturated carbocycles. The van der Waals surface area contributed by atoms with Crippen LogP contribution < -0.4 is 5.32 Å². The molecule has 1 aromatic rings. The monoisotopic (exact) mass is 290 g/mol. The molecule has 4 nitrogen and oxygen atoms in total. The van der Waals surface area contributed by atoms with Gasteiger partial charge in [-0.3, -0.25) is 9.59 Å². The molecule has 0 heterocycles. The molecule has 112 valence electrons. The second-order valence-corrected chi connectivity index (χ2v) is 5.37. The van der Waals surface area contributed by atoms with Gasteiger partial charge in [0, 0.05) is 19.2 Å². The van der Waals surface area contributed by atoms with Crippen molar-refractivity contribution in [1.82, 2.24) is 10.2 Å². The lowest BCUT2D eigenvalue weighted by atomic mass is 10.1. The van der Waals surface area contributed by atoms with Crippen LogP contribution in [0.15, 0.2) is 30.3 Å². The number of rotatable bonds is 5. The van der Waals surface area contributed by atoms with Crippen molar-refractivity contribution in [2.24, 2.45) is 0 Å². The Hall–Kier alpha value is -2.17. The molecule has 0 saturated heterocycles. The molecule has 0 unspecified atom stereocenters. The van der Waals surface area contributed by atoms with E-state index in [1.165, 1.54) is 23.1 Å². The van der Waals surface area contributed by atoms with Crippen molar-refractivity contribution in [2.75, 3.05) is 13.6 Å². The van der Waals surface area contributed by atoms with Gasteiger partial charge in [-0.1, -0.05) is 12.1 Å². The van der Waals surface area contributed by atoms with E-state index in [0.717, 1.165) is 24.0 Å². The van der Waals surface area contributed by atoms with Gasteiger partial charge in [0.05, 0.1) is 6.54 Å². The lowest BCUT2D eigenvalue weighted by Crippen LogP contribution is -2.38. The number of carbonyl (C=O) groups excluding carboxylic acids is 2. The Bertz CT molecular complexity index is 562. The molecule has 0 aromatic heterocycles. The highest BCUT2D eigenvalue weighted by atomic mass is 19.1. The molecule has 0 radical (unpaired) electrons. The summed E-state index contributed by atoms with van der Waals surface area (Å²) in [4.78, 5) is 25.0. The lowest BCUT2D eigenvalue weighted by molar-refractivity contribution is -0.131. The van der Waals surface area contributed by atoms with Crippen LogP contribution in [-0.2, 0) is 9.59 Å². The van der Waals surface area contributed by atoms with Crippen LogP contribution >= 0.6 is 0 Å². The largest absolute Gasteiger partial charge is 0.352 e. The molecular formula is C16H19FN2O2. The number of hydrogen-bond donors (Lipinski definition) is 1. The van der Waals surface area contributed by atoms with Crippen LogP contribution in [0.3, 0.4) is 0 Å². The number of nitrogens with one attached hydrogen (secondary N) is 1. The zero-order valence-electron chi connectivity index (χ0n) is 12.2. The predicted molar refractivity (Wildman–Crippen MR) is 78.9 cm³/mol. The standard InChI is InChI=1S/C16H19FN2O2/c1-11(12-3-5-13(17)6-4-12)9-16(21)19(2)10-15(20)18-14-7-8-14/h3-6,9,14H,7-8,10H2,1-2H3,(H,18,20)/b11-9-. The molecule has 1 aliphatic rings. The number of hydrogen-bond acceptors (Lipinski definition) is 2. The number of carbonyl (C=O) groups is 2. The van der Waals surface area contributed by atoms with E-state index >= 15 is 0 Å². The van der Waals surface area contributed by atoms with E-state index in [2.05, 4.69) is 5.32 Å². The molecule has 5 heteroatoms. The van der Waals surface area contributed by atoms with Gasteiger partial charge in [0.1, 0.15) is 5.82 Å². The van der Waals surface area contributed by atoms with Crippen molar-refractivity contribution in [3.8, 4) is 0 Å². The Morgan fingerprint density at radius 3 is 2.52 bits per heavy atom. The second kappa shape index (κ2) is 6.52. The third-order valence-corrected chi connectivity index (χ3v) is 3.34. The summed E-state index contributed by atoms with van der Waals surface area (Å²) in [6.45, 7) is 1.83. The third kappa shape index (κ3) is 4.70. The second-order valence-electron chi connectivity index (χ2n) is 5.37. The molecule has 2 amide bonds. The van der Waals surface area contributed by atoms with Gasteiger partial charge >= 0.3 is 0 Å². The SMILES string of the molecule is C/C(=C/C(=O)N(C)CC(=O)NC1CC1)c1ccc(F)cc1. The minimum atomic E-state index is -0.313. The van der Waals surface area contributed by atoms with E-state index in [4.69, 9.17) is 0 Å². The van der Waals surface area contributed by atoms with E-state index in [0.29, 0.717) is 0 Å². The van der Waals surface area contributed by atoms with Gasteiger partial charge in [-0.15, -0.1) is 0 Å². The number of halogens is 1. The van der Waals surface area contributed by atoms with Gasteiger partial charge in [-0.2, -0.15) is 0 Å². The fraction of sp³-hybridized carbons (Fsp3) is 0.375. The molecule has 1 N–H and O–H groups in total. The summed E-state index contributed by atoms with van der Waals surface area (Å²) in [5.41, 5.74) is 1.51. The minimum absolute atomic E-state index is 0.0442. The Kier molecular flexibility index (Phi) is 4.73. The van der Waals surface area contributed by atoms with Crippen LogP contribution in [0.2, 0.25) is 0 Å². The van der Waals surface area contributed by atoms with E-state index in [9.17, 15) is 14.0 Å². The zero-order chi connectivity index (χ0) is 15.4. The summed E-state index contributed by atoms with van der Waals surface area (Å²) >= 11 is 0. The summed E-state index contributed by atoms with van der Waals surface area (Å²) in [5, 5.41) is 2.84. The fourth-order valence-electron chi connectivity index (χ4n) is 1.89. The van der Waals surface area contributed by atoms with Crippen molar-refractivity contribution in [1.29, 1.82) is 0 Å². The van der Waals surface area contributed by atoms with Gasteiger partial charge in [0.2, 0.25) is 11.8 Å². The van der Waals surface area contributed by atoms with Crippen molar-refractivity contribution in [2.45, 2.75) is 25.8 Å². The van der Waals surface area contributed by atoms with Crippen LogP contribution in [0.25, 0.3) is 5.57 Å². The molecule has 0 aliphatic heterocycles. The van der Waals surface area contributed by atoms with Crippen LogP contribution in [-0.4, -0.2) is 36.3 Å². The quantitative estimate of drug-likeness (QED) is 0.843. The van der Waals surface area contributed by atoms with Gasteiger partial charge in [-0.05, 0) is 43.0 Å². The van der Waals surface area contributed by atoms with Gasteiger partial charge in [-0.25, -0.2) is 4.39 Å².